The topological polar surface area (TPSA) is 106 Å². The third kappa shape index (κ3) is 4.09. The molecule has 1 atom stereocenters. The van der Waals surface area contributed by atoms with Crippen LogP contribution in [0.1, 0.15) is 52.5 Å². The summed E-state index contributed by atoms with van der Waals surface area (Å²) in [4.78, 5) is 48.3. The first-order valence-corrected chi connectivity index (χ1v) is 8.27. The summed E-state index contributed by atoms with van der Waals surface area (Å²) in [6, 6.07) is 5.09. The average Bonchev–Trinajstić information content (AvgIpc) is 2.58. The van der Waals surface area contributed by atoms with Crippen LogP contribution in [0.2, 0.25) is 0 Å². The molecule has 0 spiro atoms. The fourth-order valence-corrected chi connectivity index (χ4v) is 3.06. The Kier molecular flexibility index (Phi) is 5.98. The molecular formula is C19H22N2O4. The zero-order chi connectivity index (χ0) is 18.6. The number of imide groups is 1. The second-order valence-electron chi connectivity index (χ2n) is 6.15. The van der Waals surface area contributed by atoms with Gasteiger partial charge in [-0.25, -0.2) is 0 Å². The van der Waals surface area contributed by atoms with Crippen LogP contribution in [0.4, 0.5) is 0 Å². The zero-order valence-electron chi connectivity index (χ0n) is 14.3. The van der Waals surface area contributed by atoms with Gasteiger partial charge >= 0.3 is 0 Å². The molecular weight excluding hydrogens is 320 g/mol. The molecule has 1 unspecified atom stereocenters. The van der Waals surface area contributed by atoms with Crippen molar-refractivity contribution in [3.63, 3.8) is 0 Å². The van der Waals surface area contributed by atoms with E-state index in [0.29, 0.717) is 24.9 Å². The number of aryl methyl sites for hydroxylation is 1. The van der Waals surface area contributed by atoms with Crippen LogP contribution < -0.4 is 11.1 Å². The largest absolute Gasteiger partial charge is 0.330 e. The second kappa shape index (κ2) is 7.98. The lowest BCUT2D eigenvalue weighted by atomic mass is 9.84. The van der Waals surface area contributed by atoms with Crippen molar-refractivity contribution in [2.24, 2.45) is 11.7 Å². The number of piperidine rings is 1. The molecule has 1 saturated heterocycles. The van der Waals surface area contributed by atoms with Gasteiger partial charge in [-0.1, -0.05) is 24.8 Å². The molecule has 1 aromatic carbocycles. The van der Waals surface area contributed by atoms with E-state index in [1.54, 1.807) is 18.2 Å². The molecule has 1 fully saturated rings. The maximum Gasteiger partial charge on any atom is 0.234 e. The monoisotopic (exact) mass is 342 g/mol. The third-order valence-electron chi connectivity index (χ3n) is 4.35. The number of ketones is 2. The SMILES string of the molecule is C=C(C(=O)c1cccc(CCCN)c1C(C)=O)C1CCC(=O)NC1=O. The van der Waals surface area contributed by atoms with Crippen LogP contribution in [0, 0.1) is 5.92 Å². The molecule has 0 aliphatic carbocycles. The van der Waals surface area contributed by atoms with Gasteiger partial charge in [0.05, 0.1) is 5.92 Å². The first-order valence-electron chi connectivity index (χ1n) is 8.27. The standard InChI is InChI=1S/C19H22N2O4/c1-11(14-8-9-16(23)21-19(14)25)18(24)15-7-3-5-13(6-4-10-20)17(15)12(2)22/h3,5,7,14H,1,4,6,8-10,20H2,2H3,(H,21,23,25). The van der Waals surface area contributed by atoms with Crippen molar-refractivity contribution in [3.8, 4) is 0 Å². The van der Waals surface area contributed by atoms with Crippen molar-refractivity contribution < 1.29 is 19.2 Å². The quantitative estimate of drug-likeness (QED) is 0.444. The summed E-state index contributed by atoms with van der Waals surface area (Å²) >= 11 is 0. The van der Waals surface area contributed by atoms with Gasteiger partial charge in [-0.2, -0.15) is 0 Å². The molecule has 132 valence electrons. The fourth-order valence-electron chi connectivity index (χ4n) is 3.06. The summed E-state index contributed by atoms with van der Waals surface area (Å²) < 4.78 is 0. The predicted molar refractivity (Wildman–Crippen MR) is 93.2 cm³/mol. The third-order valence-corrected chi connectivity index (χ3v) is 4.35. The van der Waals surface area contributed by atoms with E-state index >= 15 is 0 Å². The Morgan fingerprint density at radius 3 is 2.64 bits per heavy atom. The molecule has 25 heavy (non-hydrogen) atoms. The number of rotatable bonds is 7. The number of Topliss-reactive ketones (excluding diaryl/α,β-unsaturated/α-hetero) is 2. The molecule has 0 aromatic heterocycles. The number of nitrogens with one attached hydrogen (secondary N) is 1. The molecule has 0 saturated carbocycles. The minimum atomic E-state index is -0.752. The van der Waals surface area contributed by atoms with Crippen molar-refractivity contribution in [2.75, 3.05) is 6.54 Å². The average molecular weight is 342 g/mol. The van der Waals surface area contributed by atoms with Crippen LogP contribution in [0.3, 0.4) is 0 Å². The number of carbonyl (C=O) groups is 4. The van der Waals surface area contributed by atoms with Crippen LogP contribution in [0.5, 0.6) is 0 Å². The van der Waals surface area contributed by atoms with Crippen LogP contribution in [0.25, 0.3) is 0 Å². The van der Waals surface area contributed by atoms with Gasteiger partial charge < -0.3 is 5.73 Å². The van der Waals surface area contributed by atoms with E-state index in [0.717, 1.165) is 5.56 Å². The molecule has 1 heterocycles. The molecule has 0 bridgehead atoms. The normalized spacial score (nSPS) is 17.1. The lowest BCUT2D eigenvalue weighted by molar-refractivity contribution is -0.135. The van der Waals surface area contributed by atoms with Crippen LogP contribution >= 0.6 is 0 Å². The first-order chi connectivity index (χ1) is 11.9. The van der Waals surface area contributed by atoms with Crippen LogP contribution in [0.15, 0.2) is 30.4 Å². The summed E-state index contributed by atoms with van der Waals surface area (Å²) in [5.74, 6) is -2.27. The van der Waals surface area contributed by atoms with Crippen molar-refractivity contribution in [2.45, 2.75) is 32.6 Å². The van der Waals surface area contributed by atoms with E-state index in [-0.39, 0.29) is 35.7 Å². The maximum absolute atomic E-state index is 12.9. The fraction of sp³-hybridized carbons (Fsp3) is 0.368. The van der Waals surface area contributed by atoms with E-state index < -0.39 is 17.6 Å². The van der Waals surface area contributed by atoms with Gasteiger partial charge in [-0.05, 0) is 38.3 Å². The van der Waals surface area contributed by atoms with Gasteiger partial charge in [0.1, 0.15) is 0 Å². The smallest absolute Gasteiger partial charge is 0.234 e. The molecule has 2 amide bonds. The molecule has 6 nitrogen and oxygen atoms in total. The number of hydrogen-bond donors (Lipinski definition) is 2. The summed E-state index contributed by atoms with van der Waals surface area (Å²) in [7, 11) is 0. The minimum Gasteiger partial charge on any atom is -0.330 e. The number of amides is 2. The molecule has 1 aliphatic rings. The summed E-state index contributed by atoms with van der Waals surface area (Å²) in [6.07, 6.45) is 1.71. The van der Waals surface area contributed by atoms with Gasteiger partial charge in [0.15, 0.2) is 11.6 Å². The number of benzene rings is 1. The highest BCUT2D eigenvalue weighted by Gasteiger charge is 2.33. The Labute approximate surface area is 146 Å². The van der Waals surface area contributed by atoms with Crippen molar-refractivity contribution in [3.05, 3.63) is 47.0 Å². The Morgan fingerprint density at radius 1 is 1.32 bits per heavy atom. The molecule has 1 aromatic rings. The van der Waals surface area contributed by atoms with E-state index in [4.69, 9.17) is 5.73 Å². The lowest BCUT2D eigenvalue weighted by Gasteiger charge is -2.22. The van der Waals surface area contributed by atoms with Crippen LogP contribution in [-0.2, 0) is 16.0 Å². The first kappa shape index (κ1) is 18.7. The highest BCUT2D eigenvalue weighted by Crippen LogP contribution is 2.26. The molecule has 0 radical (unpaired) electrons. The summed E-state index contributed by atoms with van der Waals surface area (Å²) in [5, 5.41) is 2.22. The van der Waals surface area contributed by atoms with Gasteiger partial charge in [-0.15, -0.1) is 0 Å². The Hall–Kier alpha value is -2.60. The van der Waals surface area contributed by atoms with E-state index in [1.165, 1.54) is 6.92 Å². The van der Waals surface area contributed by atoms with Gasteiger partial charge in [0.2, 0.25) is 11.8 Å². The van der Waals surface area contributed by atoms with Crippen molar-refractivity contribution in [1.29, 1.82) is 0 Å². The van der Waals surface area contributed by atoms with Gasteiger partial charge in [0, 0.05) is 23.1 Å². The Balaban J connectivity index is 2.35. The number of carbonyl (C=O) groups excluding carboxylic acids is 4. The number of hydrogen-bond acceptors (Lipinski definition) is 5. The van der Waals surface area contributed by atoms with E-state index in [2.05, 4.69) is 11.9 Å². The van der Waals surface area contributed by atoms with Crippen molar-refractivity contribution in [1.82, 2.24) is 5.32 Å². The molecule has 6 heteroatoms. The minimum absolute atomic E-state index is 0.100. The second-order valence-corrected chi connectivity index (χ2v) is 6.15. The van der Waals surface area contributed by atoms with E-state index in [1.807, 2.05) is 0 Å². The summed E-state index contributed by atoms with van der Waals surface area (Å²) in [5.41, 5.74) is 7.00. The summed E-state index contributed by atoms with van der Waals surface area (Å²) in [6.45, 7) is 5.66. The predicted octanol–water partition coefficient (Wildman–Crippen LogP) is 1.57. The zero-order valence-corrected chi connectivity index (χ0v) is 14.3. The molecule has 3 N–H and O–H groups in total. The van der Waals surface area contributed by atoms with Crippen molar-refractivity contribution >= 4 is 23.4 Å². The van der Waals surface area contributed by atoms with Gasteiger partial charge in [-0.3, -0.25) is 24.5 Å². The van der Waals surface area contributed by atoms with E-state index in [9.17, 15) is 19.2 Å². The molecule has 2 rings (SSSR count). The maximum atomic E-state index is 12.9. The lowest BCUT2D eigenvalue weighted by Crippen LogP contribution is -2.42. The van der Waals surface area contributed by atoms with Crippen LogP contribution in [-0.4, -0.2) is 29.9 Å². The highest BCUT2D eigenvalue weighted by molar-refractivity contribution is 6.18. The highest BCUT2D eigenvalue weighted by atomic mass is 16.2. The van der Waals surface area contributed by atoms with Gasteiger partial charge in [0.25, 0.3) is 0 Å². The Morgan fingerprint density at radius 2 is 2.04 bits per heavy atom. The number of nitrogens with two attached hydrogens (primary N) is 1. The Bertz CT molecular complexity index is 752. The molecule has 1 aliphatic heterocycles.